The molecule has 0 aliphatic rings. The molecular formula is C11H21NO4. The summed E-state index contributed by atoms with van der Waals surface area (Å²) in [6, 6.07) is -0.0327. The van der Waals surface area contributed by atoms with Gasteiger partial charge in [-0.15, -0.1) is 0 Å². The van der Waals surface area contributed by atoms with Gasteiger partial charge in [-0.2, -0.15) is 0 Å². The van der Waals surface area contributed by atoms with Gasteiger partial charge in [-0.1, -0.05) is 0 Å². The SMILES string of the molecule is CCOCC(C)NC(=O)CCC(=O)OCC. The standard InChI is InChI=1S/C11H21NO4/c1-4-15-8-9(3)12-10(13)6-7-11(14)16-5-2/h9H,4-8H2,1-3H3,(H,12,13). The Morgan fingerprint density at radius 2 is 1.88 bits per heavy atom. The minimum atomic E-state index is -0.338. The second-order valence-electron chi connectivity index (χ2n) is 3.43. The third kappa shape index (κ3) is 8.23. The molecule has 0 aromatic rings. The number of carbonyl (C=O) groups excluding carboxylic acids is 2. The molecule has 0 heterocycles. The summed E-state index contributed by atoms with van der Waals surface area (Å²) in [5.41, 5.74) is 0. The lowest BCUT2D eigenvalue weighted by Gasteiger charge is -2.13. The Labute approximate surface area is 96.5 Å². The van der Waals surface area contributed by atoms with Crippen molar-refractivity contribution >= 4 is 11.9 Å². The molecule has 5 heteroatoms. The highest BCUT2D eigenvalue weighted by atomic mass is 16.5. The molecule has 0 saturated heterocycles. The molecule has 0 aromatic heterocycles. The summed E-state index contributed by atoms with van der Waals surface area (Å²) < 4.78 is 9.87. The van der Waals surface area contributed by atoms with Gasteiger partial charge in [0.15, 0.2) is 0 Å². The van der Waals surface area contributed by atoms with Crippen LogP contribution in [0.25, 0.3) is 0 Å². The fourth-order valence-corrected chi connectivity index (χ4v) is 1.13. The van der Waals surface area contributed by atoms with Crippen molar-refractivity contribution in [2.75, 3.05) is 19.8 Å². The molecule has 0 radical (unpaired) electrons. The van der Waals surface area contributed by atoms with Crippen LogP contribution in [-0.2, 0) is 19.1 Å². The Bertz CT molecular complexity index is 218. The highest BCUT2D eigenvalue weighted by Gasteiger charge is 2.10. The summed E-state index contributed by atoms with van der Waals surface area (Å²) in [7, 11) is 0. The van der Waals surface area contributed by atoms with Crippen molar-refractivity contribution in [3.05, 3.63) is 0 Å². The van der Waals surface area contributed by atoms with E-state index in [1.165, 1.54) is 0 Å². The van der Waals surface area contributed by atoms with Crippen LogP contribution >= 0.6 is 0 Å². The molecule has 0 aliphatic carbocycles. The zero-order valence-corrected chi connectivity index (χ0v) is 10.2. The number of hydrogen-bond donors (Lipinski definition) is 1. The van der Waals surface area contributed by atoms with Gasteiger partial charge in [0.2, 0.25) is 5.91 Å². The van der Waals surface area contributed by atoms with Gasteiger partial charge < -0.3 is 14.8 Å². The zero-order chi connectivity index (χ0) is 12.4. The Hall–Kier alpha value is -1.10. The predicted molar refractivity (Wildman–Crippen MR) is 60.0 cm³/mol. The Morgan fingerprint density at radius 1 is 1.19 bits per heavy atom. The topological polar surface area (TPSA) is 64.6 Å². The van der Waals surface area contributed by atoms with E-state index in [4.69, 9.17) is 9.47 Å². The van der Waals surface area contributed by atoms with E-state index in [1.54, 1.807) is 6.92 Å². The Kier molecular flexibility index (Phi) is 8.52. The normalized spacial score (nSPS) is 11.9. The summed E-state index contributed by atoms with van der Waals surface area (Å²) in [5.74, 6) is -0.490. The van der Waals surface area contributed by atoms with Crippen molar-refractivity contribution < 1.29 is 19.1 Å². The minimum absolute atomic E-state index is 0.0327. The van der Waals surface area contributed by atoms with Crippen molar-refractivity contribution in [1.29, 1.82) is 0 Å². The average molecular weight is 231 g/mol. The molecule has 1 N–H and O–H groups in total. The Morgan fingerprint density at radius 3 is 2.44 bits per heavy atom. The van der Waals surface area contributed by atoms with Crippen LogP contribution in [0.2, 0.25) is 0 Å². The third-order valence-corrected chi connectivity index (χ3v) is 1.84. The van der Waals surface area contributed by atoms with E-state index < -0.39 is 0 Å². The summed E-state index contributed by atoms with van der Waals surface area (Å²) in [4.78, 5) is 22.3. The lowest BCUT2D eigenvalue weighted by Crippen LogP contribution is -2.36. The molecule has 0 fully saturated rings. The van der Waals surface area contributed by atoms with Crippen molar-refractivity contribution in [2.24, 2.45) is 0 Å². The van der Waals surface area contributed by atoms with Crippen LogP contribution in [0.3, 0.4) is 0 Å². The molecule has 16 heavy (non-hydrogen) atoms. The van der Waals surface area contributed by atoms with Gasteiger partial charge in [0.25, 0.3) is 0 Å². The van der Waals surface area contributed by atoms with Crippen molar-refractivity contribution in [3.63, 3.8) is 0 Å². The van der Waals surface area contributed by atoms with E-state index in [2.05, 4.69) is 5.32 Å². The molecule has 1 amide bonds. The van der Waals surface area contributed by atoms with Gasteiger partial charge in [-0.05, 0) is 20.8 Å². The van der Waals surface area contributed by atoms with E-state index in [0.717, 1.165) is 0 Å². The van der Waals surface area contributed by atoms with Crippen LogP contribution in [0.5, 0.6) is 0 Å². The summed E-state index contributed by atoms with van der Waals surface area (Å²) in [5, 5.41) is 2.74. The minimum Gasteiger partial charge on any atom is -0.466 e. The molecule has 0 aromatic carbocycles. The fraction of sp³-hybridized carbons (Fsp3) is 0.818. The van der Waals surface area contributed by atoms with Gasteiger partial charge in [0.05, 0.1) is 19.6 Å². The van der Waals surface area contributed by atoms with E-state index >= 15 is 0 Å². The van der Waals surface area contributed by atoms with Crippen LogP contribution in [0.1, 0.15) is 33.6 Å². The first kappa shape index (κ1) is 14.9. The second kappa shape index (κ2) is 9.15. The third-order valence-electron chi connectivity index (χ3n) is 1.84. The number of hydrogen-bond acceptors (Lipinski definition) is 4. The van der Waals surface area contributed by atoms with Crippen LogP contribution in [0.4, 0.5) is 0 Å². The number of carbonyl (C=O) groups is 2. The maximum absolute atomic E-state index is 11.4. The van der Waals surface area contributed by atoms with Crippen molar-refractivity contribution in [3.8, 4) is 0 Å². The second-order valence-corrected chi connectivity index (χ2v) is 3.43. The molecule has 0 aliphatic heterocycles. The van der Waals surface area contributed by atoms with Gasteiger partial charge in [-0.25, -0.2) is 0 Å². The summed E-state index contributed by atoms with van der Waals surface area (Å²) in [6.45, 7) is 6.96. The molecule has 1 unspecified atom stereocenters. The lowest BCUT2D eigenvalue weighted by atomic mass is 10.2. The summed E-state index contributed by atoms with van der Waals surface area (Å²) in [6.07, 6.45) is 0.288. The molecule has 0 rings (SSSR count). The average Bonchev–Trinajstić information content (AvgIpc) is 2.24. The van der Waals surface area contributed by atoms with Crippen LogP contribution in [0, 0.1) is 0 Å². The molecule has 1 atom stereocenters. The number of rotatable bonds is 8. The van der Waals surface area contributed by atoms with E-state index in [9.17, 15) is 9.59 Å². The molecule has 0 bridgehead atoms. The first-order valence-electron chi connectivity index (χ1n) is 5.62. The van der Waals surface area contributed by atoms with E-state index in [1.807, 2.05) is 13.8 Å². The van der Waals surface area contributed by atoms with E-state index in [-0.39, 0.29) is 30.8 Å². The monoisotopic (exact) mass is 231 g/mol. The number of amides is 1. The van der Waals surface area contributed by atoms with Gasteiger partial charge in [0.1, 0.15) is 0 Å². The maximum Gasteiger partial charge on any atom is 0.306 e. The quantitative estimate of drug-likeness (QED) is 0.630. The van der Waals surface area contributed by atoms with Crippen LogP contribution in [-0.4, -0.2) is 37.7 Å². The highest BCUT2D eigenvalue weighted by molar-refractivity contribution is 5.81. The molecule has 0 saturated carbocycles. The first-order chi connectivity index (χ1) is 7.60. The molecule has 5 nitrogen and oxygen atoms in total. The molecule has 0 spiro atoms. The highest BCUT2D eigenvalue weighted by Crippen LogP contribution is 1.94. The van der Waals surface area contributed by atoms with Crippen LogP contribution in [0.15, 0.2) is 0 Å². The van der Waals surface area contributed by atoms with Gasteiger partial charge in [-0.3, -0.25) is 9.59 Å². The van der Waals surface area contributed by atoms with Crippen molar-refractivity contribution in [2.45, 2.75) is 39.7 Å². The number of esters is 1. The van der Waals surface area contributed by atoms with E-state index in [0.29, 0.717) is 19.8 Å². The van der Waals surface area contributed by atoms with Gasteiger partial charge >= 0.3 is 5.97 Å². The molecule has 94 valence electrons. The fourth-order valence-electron chi connectivity index (χ4n) is 1.13. The smallest absolute Gasteiger partial charge is 0.306 e. The lowest BCUT2D eigenvalue weighted by molar-refractivity contribution is -0.144. The predicted octanol–water partition coefficient (Wildman–Crippen LogP) is 0.871. The number of nitrogens with one attached hydrogen (secondary N) is 1. The Balaban J connectivity index is 3.61. The zero-order valence-electron chi connectivity index (χ0n) is 10.2. The molecular weight excluding hydrogens is 210 g/mol. The van der Waals surface area contributed by atoms with Crippen LogP contribution < -0.4 is 5.32 Å². The number of ether oxygens (including phenoxy) is 2. The largest absolute Gasteiger partial charge is 0.466 e. The first-order valence-corrected chi connectivity index (χ1v) is 5.62. The summed E-state index contributed by atoms with van der Waals surface area (Å²) >= 11 is 0. The van der Waals surface area contributed by atoms with Crippen molar-refractivity contribution in [1.82, 2.24) is 5.32 Å². The van der Waals surface area contributed by atoms with Gasteiger partial charge in [0, 0.05) is 19.1 Å². The maximum atomic E-state index is 11.4.